The zero-order chi connectivity index (χ0) is 21.8. The third kappa shape index (κ3) is 7.42. The Hall–Kier alpha value is -2.46. The summed E-state index contributed by atoms with van der Waals surface area (Å²) in [6.45, 7) is 1.49. The molecular weight excluding hydrogens is 394 g/mol. The number of aliphatic hydroxyl groups is 1. The Balaban J connectivity index is 2.09. The minimum absolute atomic E-state index is 0.0574. The van der Waals surface area contributed by atoms with Crippen molar-refractivity contribution in [3.63, 3.8) is 0 Å². The van der Waals surface area contributed by atoms with Crippen molar-refractivity contribution in [2.24, 2.45) is 0 Å². The predicted octanol–water partition coefficient (Wildman–Crippen LogP) is 0.975. The Kier molecular flexibility index (Phi) is 10.3. The Morgan fingerprint density at radius 3 is 2.57 bits per heavy atom. The van der Waals surface area contributed by atoms with E-state index in [2.05, 4.69) is 5.32 Å². The molecule has 0 bridgehead atoms. The van der Waals surface area contributed by atoms with Gasteiger partial charge in [0, 0.05) is 26.0 Å². The molecule has 2 rings (SSSR count). The molecule has 0 fully saturated rings. The Labute approximate surface area is 175 Å². The van der Waals surface area contributed by atoms with E-state index < -0.39 is 12.3 Å². The van der Waals surface area contributed by atoms with Gasteiger partial charge in [0.05, 0.1) is 45.7 Å². The average molecular weight is 423 g/mol. The van der Waals surface area contributed by atoms with Crippen molar-refractivity contribution in [1.82, 2.24) is 5.32 Å². The largest absolute Gasteiger partial charge is 0.465 e. The number of carbonyl (C=O) groups is 2. The van der Waals surface area contributed by atoms with Crippen molar-refractivity contribution >= 4 is 11.9 Å². The molecule has 1 aromatic carbocycles. The topological polar surface area (TPSA) is 113 Å². The van der Waals surface area contributed by atoms with E-state index in [1.165, 1.54) is 7.11 Å². The van der Waals surface area contributed by atoms with Gasteiger partial charge in [0.25, 0.3) is 5.91 Å². The quantitative estimate of drug-likeness (QED) is 0.378. The summed E-state index contributed by atoms with van der Waals surface area (Å²) in [5.41, 5.74) is 1.36. The third-order valence-corrected chi connectivity index (χ3v) is 4.40. The lowest BCUT2D eigenvalue weighted by molar-refractivity contribution is -0.151. The lowest BCUT2D eigenvalue weighted by Gasteiger charge is -2.29. The number of rotatable bonds is 12. The Morgan fingerprint density at radius 1 is 1.13 bits per heavy atom. The van der Waals surface area contributed by atoms with Crippen molar-refractivity contribution in [3.8, 4) is 0 Å². The Bertz CT molecular complexity index is 703. The number of esters is 1. The number of allylic oxidation sites excluding steroid dienone is 1. The molecule has 0 saturated carbocycles. The summed E-state index contributed by atoms with van der Waals surface area (Å²) in [5, 5.41) is 11.5. The van der Waals surface area contributed by atoms with Gasteiger partial charge in [-0.3, -0.25) is 4.79 Å². The number of ether oxygens (including phenoxy) is 5. The third-order valence-electron chi connectivity index (χ3n) is 4.40. The summed E-state index contributed by atoms with van der Waals surface area (Å²) in [6, 6.07) is 7.00. The predicted molar refractivity (Wildman–Crippen MR) is 107 cm³/mol. The van der Waals surface area contributed by atoms with E-state index in [9.17, 15) is 9.59 Å². The molecule has 30 heavy (non-hydrogen) atoms. The van der Waals surface area contributed by atoms with Gasteiger partial charge in [-0.25, -0.2) is 4.79 Å². The maximum Gasteiger partial charge on any atom is 0.337 e. The molecule has 2 atom stereocenters. The van der Waals surface area contributed by atoms with Crippen LogP contribution in [0.2, 0.25) is 0 Å². The monoisotopic (exact) mass is 423 g/mol. The number of benzene rings is 1. The minimum Gasteiger partial charge on any atom is -0.465 e. The summed E-state index contributed by atoms with van der Waals surface area (Å²) in [7, 11) is 2.89. The summed E-state index contributed by atoms with van der Waals surface area (Å²) < 4.78 is 26.3. The number of nitrogens with one attached hydrogen (secondary N) is 1. The van der Waals surface area contributed by atoms with Gasteiger partial charge in [-0.05, 0) is 23.8 Å². The van der Waals surface area contributed by atoms with E-state index in [1.807, 2.05) is 12.1 Å². The molecule has 0 unspecified atom stereocenters. The first-order valence-corrected chi connectivity index (χ1v) is 9.73. The summed E-state index contributed by atoms with van der Waals surface area (Å²) in [5.74, 6) is -0.739. The van der Waals surface area contributed by atoms with Crippen LogP contribution < -0.4 is 5.32 Å². The van der Waals surface area contributed by atoms with Crippen molar-refractivity contribution in [1.29, 1.82) is 0 Å². The number of methoxy groups -OCH3 is 2. The van der Waals surface area contributed by atoms with E-state index in [0.717, 1.165) is 5.56 Å². The van der Waals surface area contributed by atoms with E-state index in [1.54, 1.807) is 25.3 Å². The average Bonchev–Trinajstić information content (AvgIpc) is 2.78. The maximum absolute atomic E-state index is 12.5. The van der Waals surface area contributed by atoms with Gasteiger partial charge in [-0.2, -0.15) is 0 Å². The molecule has 1 amide bonds. The van der Waals surface area contributed by atoms with Gasteiger partial charge >= 0.3 is 5.97 Å². The molecule has 1 aliphatic heterocycles. The minimum atomic E-state index is -0.638. The molecule has 0 spiro atoms. The van der Waals surface area contributed by atoms with E-state index >= 15 is 0 Å². The lowest BCUT2D eigenvalue weighted by Crippen LogP contribution is -2.34. The van der Waals surface area contributed by atoms with Gasteiger partial charge in [0.1, 0.15) is 0 Å². The van der Waals surface area contributed by atoms with Crippen LogP contribution in [0, 0.1) is 0 Å². The highest BCUT2D eigenvalue weighted by Gasteiger charge is 2.28. The fourth-order valence-electron chi connectivity index (χ4n) is 2.89. The maximum atomic E-state index is 12.5. The van der Waals surface area contributed by atoms with Crippen molar-refractivity contribution in [3.05, 3.63) is 47.2 Å². The highest BCUT2D eigenvalue weighted by Crippen LogP contribution is 2.31. The first-order chi connectivity index (χ1) is 14.6. The molecule has 1 aliphatic rings. The SMILES string of the molecule is COCCNC(=O)C1=C[C@@H](c2ccc(C(=O)OC)cc2)C[C@@H](OCCOCCO)O1. The summed E-state index contributed by atoms with van der Waals surface area (Å²) in [4.78, 5) is 24.1. The van der Waals surface area contributed by atoms with Crippen LogP contribution in [0.1, 0.15) is 28.3 Å². The standard InChI is InChI=1S/C21H29NO8/c1-26-9-7-22-20(24)18-13-17(14-19(30-18)29-12-11-28-10-8-23)15-3-5-16(6-4-15)21(25)27-2/h3-6,13,17,19,23H,7-12,14H2,1-2H3,(H,22,24)/t17-,19+/m1/s1. The lowest BCUT2D eigenvalue weighted by atomic mass is 9.92. The molecule has 0 radical (unpaired) electrons. The first-order valence-electron chi connectivity index (χ1n) is 9.73. The van der Waals surface area contributed by atoms with E-state index in [4.69, 9.17) is 28.8 Å². The number of carbonyl (C=O) groups excluding carboxylic acids is 2. The smallest absolute Gasteiger partial charge is 0.337 e. The van der Waals surface area contributed by atoms with Gasteiger partial charge in [0.2, 0.25) is 6.29 Å². The van der Waals surface area contributed by atoms with Gasteiger partial charge in [-0.1, -0.05) is 12.1 Å². The van der Waals surface area contributed by atoms with Gasteiger partial charge < -0.3 is 34.1 Å². The summed E-state index contributed by atoms with van der Waals surface area (Å²) >= 11 is 0. The summed E-state index contributed by atoms with van der Waals surface area (Å²) in [6.07, 6.45) is 1.60. The highest BCUT2D eigenvalue weighted by atomic mass is 16.7. The molecule has 0 aliphatic carbocycles. The van der Waals surface area contributed by atoms with Crippen molar-refractivity contribution in [2.75, 3.05) is 53.8 Å². The van der Waals surface area contributed by atoms with Crippen LogP contribution in [0.25, 0.3) is 0 Å². The zero-order valence-electron chi connectivity index (χ0n) is 17.3. The van der Waals surface area contributed by atoms with Gasteiger partial charge in [-0.15, -0.1) is 0 Å². The molecule has 2 N–H and O–H groups in total. The molecule has 9 heteroatoms. The van der Waals surface area contributed by atoms with Crippen LogP contribution in [-0.4, -0.2) is 77.1 Å². The second-order valence-electron chi connectivity index (χ2n) is 6.49. The van der Waals surface area contributed by atoms with Crippen LogP contribution in [0.4, 0.5) is 0 Å². The number of aliphatic hydroxyl groups excluding tert-OH is 1. The van der Waals surface area contributed by atoms with Crippen LogP contribution in [0.5, 0.6) is 0 Å². The molecule has 9 nitrogen and oxygen atoms in total. The second-order valence-corrected chi connectivity index (χ2v) is 6.49. The number of hydrogen-bond donors (Lipinski definition) is 2. The van der Waals surface area contributed by atoms with Crippen molar-refractivity contribution in [2.45, 2.75) is 18.6 Å². The Morgan fingerprint density at radius 2 is 1.90 bits per heavy atom. The second kappa shape index (κ2) is 13.0. The van der Waals surface area contributed by atoms with Crippen LogP contribution in [0.3, 0.4) is 0 Å². The zero-order valence-corrected chi connectivity index (χ0v) is 17.3. The number of amides is 1. The van der Waals surface area contributed by atoms with E-state index in [-0.39, 0.29) is 37.4 Å². The fraction of sp³-hybridized carbons (Fsp3) is 0.524. The number of hydrogen-bond acceptors (Lipinski definition) is 8. The molecule has 0 saturated heterocycles. The molecule has 166 valence electrons. The van der Waals surface area contributed by atoms with Gasteiger partial charge in [0.15, 0.2) is 5.76 Å². The van der Waals surface area contributed by atoms with E-state index in [0.29, 0.717) is 31.7 Å². The van der Waals surface area contributed by atoms with Crippen molar-refractivity contribution < 1.29 is 38.4 Å². The fourth-order valence-corrected chi connectivity index (χ4v) is 2.89. The molecule has 0 aromatic heterocycles. The molecule has 1 aromatic rings. The van der Waals surface area contributed by atoms with Crippen LogP contribution >= 0.6 is 0 Å². The normalized spacial score (nSPS) is 18.3. The highest BCUT2D eigenvalue weighted by molar-refractivity contribution is 5.91. The molecule has 1 heterocycles. The first kappa shape index (κ1) is 23.8. The molecular formula is C21H29NO8. The van der Waals surface area contributed by atoms with Crippen LogP contribution in [-0.2, 0) is 28.5 Å². The van der Waals surface area contributed by atoms with Crippen LogP contribution in [0.15, 0.2) is 36.1 Å².